The Morgan fingerprint density at radius 2 is 1.53 bits per heavy atom. The second-order valence-corrected chi connectivity index (χ2v) is 7.90. The van der Waals surface area contributed by atoms with Gasteiger partial charge in [0.05, 0.1) is 0 Å². The number of rotatable bonds is 6. The molecule has 0 fully saturated rings. The number of ether oxygens (including phenoxy) is 1. The van der Waals surface area contributed by atoms with Crippen molar-refractivity contribution in [2.24, 2.45) is 0 Å². The minimum atomic E-state index is -4.95. The van der Waals surface area contributed by atoms with E-state index in [1.54, 1.807) is 12.2 Å². The molecule has 0 saturated heterocycles. The van der Waals surface area contributed by atoms with E-state index in [1.807, 2.05) is 24.3 Å². The third-order valence-electron chi connectivity index (χ3n) is 4.34. The largest absolute Gasteiger partial charge is 0.481 e. The van der Waals surface area contributed by atoms with Gasteiger partial charge in [0.2, 0.25) is 0 Å². The number of amides is 2. The summed E-state index contributed by atoms with van der Waals surface area (Å²) in [5.74, 6) is -1.79. The normalized spacial score (nSPS) is 12.8. The number of hydrogen-bond donors (Lipinski definition) is 2. The molecule has 162 valence electrons. The minimum absolute atomic E-state index is 0.0165. The predicted octanol–water partition coefficient (Wildman–Crippen LogP) is 4.57. The van der Waals surface area contributed by atoms with Crippen LogP contribution in [0.1, 0.15) is 38.8 Å². The molecule has 0 aliphatic carbocycles. The van der Waals surface area contributed by atoms with Crippen molar-refractivity contribution >= 4 is 17.5 Å². The van der Waals surface area contributed by atoms with Gasteiger partial charge in [-0.15, -0.1) is 0 Å². The fourth-order valence-electron chi connectivity index (χ4n) is 2.53. The molecule has 2 amide bonds. The van der Waals surface area contributed by atoms with Gasteiger partial charge in [-0.3, -0.25) is 9.59 Å². The summed E-state index contributed by atoms with van der Waals surface area (Å²) in [6, 6.07) is 13.3. The van der Waals surface area contributed by atoms with Gasteiger partial charge in [0.25, 0.3) is 5.91 Å². The average molecular weight is 422 g/mol. The molecule has 2 aromatic carbocycles. The maximum atomic E-state index is 12.3. The summed E-state index contributed by atoms with van der Waals surface area (Å²) in [5, 5.41) is 4.47. The molecule has 1 unspecified atom stereocenters. The van der Waals surface area contributed by atoms with E-state index in [9.17, 15) is 22.8 Å². The van der Waals surface area contributed by atoms with Gasteiger partial charge in [-0.2, -0.15) is 13.2 Å². The van der Waals surface area contributed by atoms with Crippen molar-refractivity contribution in [3.8, 4) is 5.75 Å². The molecule has 0 aromatic heterocycles. The van der Waals surface area contributed by atoms with Crippen molar-refractivity contribution in [2.75, 3.05) is 5.32 Å². The molecule has 2 aromatic rings. The number of carbonyl (C=O) groups excluding carboxylic acids is 2. The summed E-state index contributed by atoms with van der Waals surface area (Å²) < 4.78 is 42.4. The monoisotopic (exact) mass is 422 g/mol. The Morgan fingerprint density at radius 1 is 0.967 bits per heavy atom. The number of benzene rings is 2. The molecule has 8 heteroatoms. The molecule has 5 nitrogen and oxygen atoms in total. The van der Waals surface area contributed by atoms with E-state index < -0.39 is 18.2 Å². The molecular weight excluding hydrogens is 397 g/mol. The van der Waals surface area contributed by atoms with Gasteiger partial charge in [-0.05, 0) is 47.7 Å². The third kappa shape index (κ3) is 6.79. The first-order valence-corrected chi connectivity index (χ1v) is 9.38. The van der Waals surface area contributed by atoms with Crippen molar-refractivity contribution in [1.29, 1.82) is 0 Å². The molecule has 2 N–H and O–H groups in total. The lowest BCUT2D eigenvalue weighted by molar-refractivity contribution is -0.167. The number of anilines is 1. The quantitative estimate of drug-likeness (QED) is 0.717. The van der Waals surface area contributed by atoms with Crippen LogP contribution >= 0.6 is 0 Å². The number of carbonyl (C=O) groups is 2. The van der Waals surface area contributed by atoms with Crippen molar-refractivity contribution in [3.63, 3.8) is 0 Å². The maximum Gasteiger partial charge on any atom is 0.471 e. The summed E-state index contributed by atoms with van der Waals surface area (Å²) in [5.41, 5.74) is 1.85. The van der Waals surface area contributed by atoms with Crippen LogP contribution < -0.4 is 15.4 Å². The molecule has 0 bridgehead atoms. The Kier molecular flexibility index (Phi) is 7.12. The van der Waals surface area contributed by atoms with Crippen LogP contribution in [0.3, 0.4) is 0 Å². The van der Waals surface area contributed by atoms with E-state index in [-0.39, 0.29) is 23.6 Å². The highest BCUT2D eigenvalue weighted by molar-refractivity contribution is 5.94. The van der Waals surface area contributed by atoms with E-state index in [4.69, 9.17) is 4.74 Å². The van der Waals surface area contributed by atoms with E-state index in [0.29, 0.717) is 11.3 Å². The number of nitrogens with one attached hydrogen (secondary N) is 2. The fourth-order valence-corrected chi connectivity index (χ4v) is 2.53. The Labute approximate surface area is 173 Å². The SMILES string of the molecule is CC(Oc1ccc(C(C)(C)C)cc1)C(=O)NCc1ccc(NC(=O)C(F)(F)F)cc1. The van der Waals surface area contributed by atoms with Gasteiger partial charge >= 0.3 is 12.1 Å². The van der Waals surface area contributed by atoms with E-state index in [2.05, 4.69) is 26.1 Å². The number of alkyl halides is 3. The van der Waals surface area contributed by atoms with Crippen molar-refractivity contribution in [3.05, 3.63) is 59.7 Å². The predicted molar refractivity (Wildman–Crippen MR) is 108 cm³/mol. The first kappa shape index (κ1) is 23.3. The zero-order valence-corrected chi connectivity index (χ0v) is 17.3. The smallest absolute Gasteiger partial charge is 0.471 e. The van der Waals surface area contributed by atoms with Gasteiger partial charge < -0.3 is 15.4 Å². The van der Waals surface area contributed by atoms with Crippen LogP contribution in [0.4, 0.5) is 18.9 Å². The minimum Gasteiger partial charge on any atom is -0.481 e. The van der Waals surface area contributed by atoms with Crippen LogP contribution in [-0.2, 0) is 21.5 Å². The van der Waals surface area contributed by atoms with Crippen molar-refractivity contribution in [1.82, 2.24) is 5.32 Å². The first-order valence-electron chi connectivity index (χ1n) is 9.38. The van der Waals surface area contributed by atoms with Gasteiger partial charge in [0.15, 0.2) is 6.10 Å². The second kappa shape index (κ2) is 9.19. The van der Waals surface area contributed by atoms with Crippen molar-refractivity contribution < 1.29 is 27.5 Å². The van der Waals surface area contributed by atoms with E-state index in [0.717, 1.165) is 5.56 Å². The Morgan fingerprint density at radius 3 is 2.03 bits per heavy atom. The van der Waals surface area contributed by atoms with Crippen LogP contribution in [0.15, 0.2) is 48.5 Å². The standard InChI is InChI=1S/C22H25F3N2O3/c1-14(30-18-11-7-16(8-12-18)21(2,3)4)19(28)26-13-15-5-9-17(10-6-15)27-20(29)22(23,24)25/h5-12,14H,13H2,1-4H3,(H,26,28)(H,27,29). The van der Waals surface area contributed by atoms with E-state index >= 15 is 0 Å². The first-order chi connectivity index (χ1) is 13.9. The molecule has 2 rings (SSSR count). The second-order valence-electron chi connectivity index (χ2n) is 7.90. The summed E-state index contributed by atoms with van der Waals surface area (Å²) in [4.78, 5) is 23.2. The fraction of sp³-hybridized carbons (Fsp3) is 0.364. The van der Waals surface area contributed by atoms with Crippen molar-refractivity contribution in [2.45, 2.75) is 51.9 Å². The van der Waals surface area contributed by atoms with E-state index in [1.165, 1.54) is 24.3 Å². The van der Waals surface area contributed by atoms with Crippen LogP contribution in [0.25, 0.3) is 0 Å². The van der Waals surface area contributed by atoms with Crippen LogP contribution in [0.5, 0.6) is 5.75 Å². The lowest BCUT2D eigenvalue weighted by Crippen LogP contribution is -2.35. The molecule has 0 aliphatic rings. The highest BCUT2D eigenvalue weighted by Gasteiger charge is 2.38. The lowest BCUT2D eigenvalue weighted by atomic mass is 9.87. The summed E-state index contributed by atoms with van der Waals surface area (Å²) in [6.45, 7) is 8.12. The van der Waals surface area contributed by atoms with Crippen LogP contribution in [0, 0.1) is 0 Å². The Bertz CT molecular complexity index is 870. The average Bonchev–Trinajstić information content (AvgIpc) is 2.66. The number of halogens is 3. The molecule has 0 aliphatic heterocycles. The maximum absolute atomic E-state index is 12.3. The summed E-state index contributed by atoms with van der Waals surface area (Å²) in [6.07, 6.45) is -5.67. The molecule has 0 radical (unpaired) electrons. The van der Waals surface area contributed by atoms with Gasteiger partial charge in [-0.25, -0.2) is 0 Å². The Balaban J connectivity index is 1.85. The van der Waals surface area contributed by atoms with Gasteiger partial charge in [0, 0.05) is 12.2 Å². The van der Waals surface area contributed by atoms with Crippen LogP contribution in [0.2, 0.25) is 0 Å². The van der Waals surface area contributed by atoms with Gasteiger partial charge in [-0.1, -0.05) is 45.0 Å². The molecular formula is C22H25F3N2O3. The number of hydrogen-bond acceptors (Lipinski definition) is 3. The molecule has 0 spiro atoms. The molecule has 0 heterocycles. The Hall–Kier alpha value is -3.03. The van der Waals surface area contributed by atoms with Crippen LogP contribution in [-0.4, -0.2) is 24.1 Å². The zero-order chi connectivity index (χ0) is 22.5. The molecule has 30 heavy (non-hydrogen) atoms. The lowest BCUT2D eigenvalue weighted by Gasteiger charge is -2.20. The van der Waals surface area contributed by atoms with Gasteiger partial charge in [0.1, 0.15) is 5.75 Å². The highest BCUT2D eigenvalue weighted by Crippen LogP contribution is 2.24. The topological polar surface area (TPSA) is 67.4 Å². The molecule has 0 saturated carbocycles. The molecule has 1 atom stereocenters. The zero-order valence-electron chi connectivity index (χ0n) is 17.3. The summed E-state index contributed by atoms with van der Waals surface area (Å²) >= 11 is 0. The third-order valence-corrected chi connectivity index (χ3v) is 4.34. The highest BCUT2D eigenvalue weighted by atomic mass is 19.4. The summed E-state index contributed by atoms with van der Waals surface area (Å²) in [7, 11) is 0.